The molecule has 2 aromatic rings. The SMILES string of the molecule is CCCOc1ccc(/C=C2/N=C(c3ccc(Cl)c([N+](=O)[O-])c3)OC2=O)cc1. The van der Waals surface area contributed by atoms with Gasteiger partial charge in [-0.3, -0.25) is 10.1 Å². The largest absolute Gasteiger partial charge is 0.494 e. The van der Waals surface area contributed by atoms with E-state index in [0.717, 1.165) is 17.7 Å². The van der Waals surface area contributed by atoms with Crippen LogP contribution >= 0.6 is 11.6 Å². The number of rotatable bonds is 6. The molecule has 0 N–H and O–H groups in total. The van der Waals surface area contributed by atoms with Crippen LogP contribution < -0.4 is 4.74 Å². The lowest BCUT2D eigenvalue weighted by Gasteiger charge is -2.04. The number of hydrogen-bond acceptors (Lipinski definition) is 6. The Hall–Kier alpha value is -3.19. The van der Waals surface area contributed by atoms with Crippen LogP contribution in [0.25, 0.3) is 6.08 Å². The Balaban J connectivity index is 1.85. The van der Waals surface area contributed by atoms with Crippen molar-refractivity contribution < 1.29 is 19.2 Å². The van der Waals surface area contributed by atoms with Crippen molar-refractivity contribution in [1.29, 1.82) is 0 Å². The molecule has 0 bridgehead atoms. The second-order valence-electron chi connectivity index (χ2n) is 5.68. The minimum atomic E-state index is -0.631. The monoisotopic (exact) mass is 386 g/mol. The number of nitro groups is 1. The van der Waals surface area contributed by atoms with Gasteiger partial charge in [-0.25, -0.2) is 9.79 Å². The van der Waals surface area contributed by atoms with E-state index in [1.54, 1.807) is 30.3 Å². The van der Waals surface area contributed by atoms with E-state index in [0.29, 0.717) is 12.2 Å². The number of nitrogens with zero attached hydrogens (tertiary/aromatic N) is 2. The fourth-order valence-corrected chi connectivity index (χ4v) is 2.54. The molecule has 8 heteroatoms. The average molecular weight is 387 g/mol. The third-order valence-corrected chi connectivity index (χ3v) is 3.99. The number of carbonyl (C=O) groups excluding carboxylic acids is 1. The van der Waals surface area contributed by atoms with Crippen molar-refractivity contribution >= 4 is 35.2 Å². The van der Waals surface area contributed by atoms with Crippen molar-refractivity contribution in [1.82, 2.24) is 0 Å². The predicted molar refractivity (Wildman–Crippen MR) is 101 cm³/mol. The summed E-state index contributed by atoms with van der Waals surface area (Å²) in [6, 6.07) is 11.3. The predicted octanol–water partition coefficient (Wildman–Crippen LogP) is 4.38. The van der Waals surface area contributed by atoms with Gasteiger partial charge in [0.05, 0.1) is 11.5 Å². The minimum absolute atomic E-state index is 0.00480. The Labute approximate surface area is 160 Å². The first-order valence-corrected chi connectivity index (χ1v) is 8.55. The first kappa shape index (κ1) is 18.6. The minimum Gasteiger partial charge on any atom is -0.494 e. The van der Waals surface area contributed by atoms with Gasteiger partial charge >= 0.3 is 5.97 Å². The Morgan fingerprint density at radius 2 is 2.00 bits per heavy atom. The van der Waals surface area contributed by atoms with Gasteiger partial charge in [0, 0.05) is 11.6 Å². The lowest BCUT2D eigenvalue weighted by molar-refractivity contribution is -0.384. The lowest BCUT2D eigenvalue weighted by Crippen LogP contribution is -2.06. The van der Waals surface area contributed by atoms with E-state index >= 15 is 0 Å². The normalized spacial score (nSPS) is 14.8. The van der Waals surface area contributed by atoms with Gasteiger partial charge in [-0.2, -0.15) is 0 Å². The Bertz CT molecular complexity index is 951. The van der Waals surface area contributed by atoms with Gasteiger partial charge in [0.2, 0.25) is 5.90 Å². The molecule has 0 amide bonds. The average Bonchev–Trinajstić information content (AvgIpc) is 3.02. The van der Waals surface area contributed by atoms with Crippen LogP contribution in [0, 0.1) is 10.1 Å². The highest BCUT2D eigenvalue weighted by molar-refractivity contribution is 6.32. The highest BCUT2D eigenvalue weighted by Gasteiger charge is 2.26. The molecule has 0 aliphatic carbocycles. The van der Waals surface area contributed by atoms with E-state index in [1.165, 1.54) is 18.2 Å². The highest BCUT2D eigenvalue weighted by atomic mass is 35.5. The van der Waals surface area contributed by atoms with Gasteiger partial charge in [-0.15, -0.1) is 0 Å². The standard InChI is InChI=1S/C19H15ClN2O5/c1-2-9-26-14-6-3-12(4-7-14)10-16-19(23)27-18(21-16)13-5-8-15(20)17(11-13)22(24)25/h3-8,10-11H,2,9H2,1H3/b16-10+. The van der Waals surface area contributed by atoms with Crippen LogP contribution in [-0.2, 0) is 9.53 Å². The Morgan fingerprint density at radius 3 is 2.67 bits per heavy atom. The molecule has 27 heavy (non-hydrogen) atoms. The number of nitro benzene ring substituents is 1. The van der Waals surface area contributed by atoms with Gasteiger partial charge in [-0.1, -0.05) is 30.7 Å². The first-order chi connectivity index (χ1) is 13.0. The number of carbonyl (C=O) groups is 1. The molecule has 138 valence electrons. The number of halogens is 1. The number of ether oxygens (including phenoxy) is 2. The zero-order valence-corrected chi connectivity index (χ0v) is 15.1. The summed E-state index contributed by atoms with van der Waals surface area (Å²) in [5.74, 6) is 0.105. The lowest BCUT2D eigenvalue weighted by atomic mass is 10.2. The fraction of sp³-hybridized carbons (Fsp3) is 0.158. The van der Waals surface area contributed by atoms with E-state index in [9.17, 15) is 14.9 Å². The highest BCUT2D eigenvalue weighted by Crippen LogP contribution is 2.27. The molecule has 7 nitrogen and oxygen atoms in total. The van der Waals surface area contributed by atoms with Crippen molar-refractivity contribution in [2.45, 2.75) is 13.3 Å². The topological polar surface area (TPSA) is 91.0 Å². The van der Waals surface area contributed by atoms with Gasteiger partial charge < -0.3 is 9.47 Å². The number of aliphatic imine (C=N–C) groups is 1. The van der Waals surface area contributed by atoms with E-state index < -0.39 is 10.9 Å². The zero-order valence-electron chi connectivity index (χ0n) is 14.3. The van der Waals surface area contributed by atoms with Crippen molar-refractivity contribution in [3.63, 3.8) is 0 Å². The van der Waals surface area contributed by atoms with Gasteiger partial charge in [0.1, 0.15) is 10.8 Å². The molecule has 1 aliphatic rings. The maximum atomic E-state index is 12.1. The molecule has 0 radical (unpaired) electrons. The summed E-state index contributed by atoms with van der Waals surface area (Å²) in [5, 5.41) is 11.0. The molecular weight excluding hydrogens is 372 g/mol. The van der Waals surface area contributed by atoms with Crippen LogP contribution in [0.3, 0.4) is 0 Å². The number of esters is 1. The maximum Gasteiger partial charge on any atom is 0.363 e. The molecule has 2 aromatic carbocycles. The fourth-order valence-electron chi connectivity index (χ4n) is 2.36. The molecule has 0 spiro atoms. The summed E-state index contributed by atoms with van der Waals surface area (Å²) < 4.78 is 10.6. The van der Waals surface area contributed by atoms with Crippen molar-refractivity contribution in [2.75, 3.05) is 6.61 Å². The second-order valence-corrected chi connectivity index (χ2v) is 6.08. The summed E-state index contributed by atoms with van der Waals surface area (Å²) in [5.41, 5.74) is 0.863. The van der Waals surface area contributed by atoms with E-state index in [2.05, 4.69) is 4.99 Å². The maximum absolute atomic E-state index is 12.1. The molecule has 0 saturated heterocycles. The van der Waals surface area contributed by atoms with Crippen molar-refractivity contribution in [3.05, 3.63) is 74.4 Å². The Morgan fingerprint density at radius 1 is 1.26 bits per heavy atom. The summed E-state index contributed by atoms with van der Waals surface area (Å²) in [4.78, 5) is 26.6. The third kappa shape index (κ3) is 4.32. The summed E-state index contributed by atoms with van der Waals surface area (Å²) >= 11 is 5.80. The molecule has 1 heterocycles. The van der Waals surface area contributed by atoms with E-state index in [1.807, 2.05) is 6.92 Å². The second kappa shape index (κ2) is 8.01. The summed E-state index contributed by atoms with van der Waals surface area (Å²) in [6.45, 7) is 2.66. The van der Waals surface area contributed by atoms with E-state index in [-0.39, 0.29) is 22.3 Å². The zero-order chi connectivity index (χ0) is 19.4. The first-order valence-electron chi connectivity index (χ1n) is 8.17. The Kier molecular flexibility index (Phi) is 5.52. The van der Waals surface area contributed by atoms with Crippen LogP contribution in [0.2, 0.25) is 5.02 Å². The summed E-state index contributed by atoms with van der Waals surface area (Å²) in [6.07, 6.45) is 2.49. The molecule has 0 unspecified atom stereocenters. The quantitative estimate of drug-likeness (QED) is 0.318. The van der Waals surface area contributed by atoms with Crippen molar-refractivity contribution in [2.24, 2.45) is 4.99 Å². The number of cyclic esters (lactones) is 1. The van der Waals surface area contributed by atoms with Gasteiger partial charge in [-0.05, 0) is 42.3 Å². The van der Waals surface area contributed by atoms with Crippen LogP contribution in [0.5, 0.6) is 5.75 Å². The van der Waals surface area contributed by atoms with E-state index in [4.69, 9.17) is 21.1 Å². The number of benzene rings is 2. The molecule has 1 aliphatic heterocycles. The van der Waals surface area contributed by atoms with Crippen LogP contribution in [0.1, 0.15) is 24.5 Å². The van der Waals surface area contributed by atoms with Crippen molar-refractivity contribution in [3.8, 4) is 5.75 Å². The summed E-state index contributed by atoms with van der Waals surface area (Å²) in [7, 11) is 0. The van der Waals surface area contributed by atoms with Crippen LogP contribution in [0.15, 0.2) is 53.2 Å². The number of hydrogen-bond donors (Lipinski definition) is 0. The molecule has 0 saturated carbocycles. The smallest absolute Gasteiger partial charge is 0.363 e. The van der Waals surface area contributed by atoms with Crippen LogP contribution in [-0.4, -0.2) is 23.4 Å². The molecular formula is C19H15ClN2O5. The molecule has 0 aromatic heterocycles. The van der Waals surface area contributed by atoms with Crippen LogP contribution in [0.4, 0.5) is 5.69 Å². The molecule has 0 fully saturated rings. The molecule has 3 rings (SSSR count). The van der Waals surface area contributed by atoms with Gasteiger partial charge in [0.25, 0.3) is 5.69 Å². The third-order valence-electron chi connectivity index (χ3n) is 3.67. The molecule has 0 atom stereocenters. The van der Waals surface area contributed by atoms with Gasteiger partial charge in [0.15, 0.2) is 5.70 Å².